The Morgan fingerprint density at radius 3 is 2.95 bits per heavy atom. The van der Waals surface area contributed by atoms with E-state index in [1.54, 1.807) is 27.8 Å². The zero-order valence-electron chi connectivity index (χ0n) is 11.4. The quantitative estimate of drug-likeness (QED) is 0.705. The average molecular weight is 318 g/mol. The van der Waals surface area contributed by atoms with Gasteiger partial charge in [-0.1, -0.05) is 30.0 Å². The summed E-state index contributed by atoms with van der Waals surface area (Å²) in [7, 11) is 0. The van der Waals surface area contributed by atoms with Crippen molar-refractivity contribution in [2.24, 2.45) is 0 Å². The van der Waals surface area contributed by atoms with Crippen LogP contribution in [-0.2, 0) is 5.75 Å². The van der Waals surface area contributed by atoms with Gasteiger partial charge in [0.25, 0.3) is 0 Å². The van der Waals surface area contributed by atoms with Crippen LogP contribution in [0.15, 0.2) is 41.7 Å². The second-order valence-electron chi connectivity index (χ2n) is 4.16. The first-order chi connectivity index (χ1) is 10.4. The second-order valence-corrected chi connectivity index (χ2v) is 6.22. The number of nitrogens with zero attached hydrogens (tertiary/aromatic N) is 5. The number of nitrogens with one attached hydrogen (secondary N) is 1. The molecule has 0 aliphatic heterocycles. The van der Waals surface area contributed by atoms with Crippen LogP contribution in [0.2, 0.25) is 0 Å². The summed E-state index contributed by atoms with van der Waals surface area (Å²) in [6, 6.07) is 9.88. The van der Waals surface area contributed by atoms with E-state index in [4.69, 9.17) is 0 Å². The van der Waals surface area contributed by atoms with E-state index < -0.39 is 0 Å². The lowest BCUT2D eigenvalue weighted by molar-refractivity contribution is 0.756. The second kappa shape index (κ2) is 6.68. The maximum atomic E-state index is 4.32. The number of para-hydroxylation sites is 1. The Morgan fingerprint density at radius 2 is 2.14 bits per heavy atom. The highest BCUT2D eigenvalue weighted by Gasteiger charge is 2.10. The molecular weight excluding hydrogens is 304 g/mol. The van der Waals surface area contributed by atoms with Crippen molar-refractivity contribution in [3.05, 3.63) is 41.4 Å². The molecule has 2 heterocycles. The van der Waals surface area contributed by atoms with Gasteiger partial charge in [-0.25, -0.2) is 4.98 Å². The Kier molecular flexibility index (Phi) is 4.46. The molecule has 21 heavy (non-hydrogen) atoms. The van der Waals surface area contributed by atoms with Gasteiger partial charge in [-0.15, -0.1) is 16.4 Å². The highest BCUT2D eigenvalue weighted by atomic mass is 32.2. The van der Waals surface area contributed by atoms with E-state index in [-0.39, 0.29) is 0 Å². The summed E-state index contributed by atoms with van der Waals surface area (Å²) >= 11 is 3.26. The van der Waals surface area contributed by atoms with Crippen LogP contribution in [-0.4, -0.2) is 31.7 Å². The molecule has 0 amide bonds. The molecule has 3 rings (SSSR count). The highest BCUT2D eigenvalue weighted by Crippen LogP contribution is 2.26. The SMILES string of the molecule is CCNc1ncc(CSc2nnnn2-c2ccccc2)s1. The van der Waals surface area contributed by atoms with Gasteiger partial charge >= 0.3 is 0 Å². The molecule has 0 radical (unpaired) electrons. The van der Waals surface area contributed by atoms with Gasteiger partial charge in [0.2, 0.25) is 5.16 Å². The van der Waals surface area contributed by atoms with Crippen LogP contribution in [0.1, 0.15) is 11.8 Å². The molecule has 0 bridgehead atoms. The number of hydrogen-bond acceptors (Lipinski definition) is 7. The first kappa shape index (κ1) is 14.0. The van der Waals surface area contributed by atoms with Crippen LogP contribution >= 0.6 is 23.1 Å². The Bertz CT molecular complexity index is 694. The zero-order valence-corrected chi connectivity index (χ0v) is 13.1. The smallest absolute Gasteiger partial charge is 0.214 e. The molecule has 0 fully saturated rings. The van der Waals surface area contributed by atoms with Gasteiger partial charge in [-0.3, -0.25) is 0 Å². The number of tetrazole rings is 1. The van der Waals surface area contributed by atoms with Crippen molar-refractivity contribution in [3.8, 4) is 5.69 Å². The molecule has 8 heteroatoms. The summed E-state index contributed by atoms with van der Waals surface area (Å²) in [6.07, 6.45) is 1.90. The van der Waals surface area contributed by atoms with Crippen LogP contribution in [0.3, 0.4) is 0 Å². The Hall–Kier alpha value is -1.93. The van der Waals surface area contributed by atoms with Crippen LogP contribution < -0.4 is 5.32 Å². The van der Waals surface area contributed by atoms with Crippen molar-refractivity contribution in [2.45, 2.75) is 17.8 Å². The summed E-state index contributed by atoms with van der Waals surface area (Å²) in [6.45, 7) is 2.94. The van der Waals surface area contributed by atoms with Crippen LogP contribution in [0.25, 0.3) is 5.69 Å². The molecule has 0 saturated heterocycles. The molecule has 0 spiro atoms. The minimum absolute atomic E-state index is 0.777. The zero-order chi connectivity index (χ0) is 14.5. The predicted molar refractivity (Wildman–Crippen MR) is 85.0 cm³/mol. The lowest BCUT2D eigenvalue weighted by atomic mass is 10.3. The third-order valence-electron chi connectivity index (χ3n) is 2.67. The summed E-state index contributed by atoms with van der Waals surface area (Å²) in [4.78, 5) is 5.52. The van der Waals surface area contributed by atoms with Crippen LogP contribution in [0.4, 0.5) is 5.13 Å². The lowest BCUT2D eigenvalue weighted by Gasteiger charge is -2.02. The Balaban J connectivity index is 1.70. The summed E-state index contributed by atoms with van der Waals surface area (Å²) in [5.41, 5.74) is 0.961. The van der Waals surface area contributed by atoms with Crippen molar-refractivity contribution < 1.29 is 0 Å². The first-order valence-electron chi connectivity index (χ1n) is 6.52. The van der Waals surface area contributed by atoms with E-state index in [0.29, 0.717) is 0 Å². The van der Waals surface area contributed by atoms with Crippen molar-refractivity contribution in [1.82, 2.24) is 25.2 Å². The minimum atomic E-state index is 0.777. The predicted octanol–water partition coefficient (Wildman–Crippen LogP) is 2.84. The third kappa shape index (κ3) is 3.40. The number of hydrogen-bond donors (Lipinski definition) is 1. The number of anilines is 1. The molecule has 3 aromatic rings. The van der Waals surface area contributed by atoms with E-state index in [0.717, 1.165) is 28.3 Å². The van der Waals surface area contributed by atoms with E-state index in [1.807, 2.05) is 36.5 Å². The van der Waals surface area contributed by atoms with Gasteiger partial charge in [0.05, 0.1) is 5.69 Å². The number of aromatic nitrogens is 5. The topological polar surface area (TPSA) is 68.5 Å². The van der Waals surface area contributed by atoms with Crippen molar-refractivity contribution in [1.29, 1.82) is 0 Å². The molecule has 6 nitrogen and oxygen atoms in total. The Morgan fingerprint density at radius 1 is 1.29 bits per heavy atom. The largest absolute Gasteiger partial charge is 0.362 e. The fourth-order valence-corrected chi connectivity index (χ4v) is 3.54. The molecule has 108 valence electrons. The number of thiazole rings is 1. The van der Waals surface area contributed by atoms with Gasteiger partial charge < -0.3 is 5.32 Å². The highest BCUT2D eigenvalue weighted by molar-refractivity contribution is 7.98. The molecule has 0 saturated carbocycles. The molecule has 1 N–H and O–H groups in total. The number of rotatable bonds is 6. The van der Waals surface area contributed by atoms with E-state index in [9.17, 15) is 0 Å². The fourth-order valence-electron chi connectivity index (χ4n) is 1.74. The van der Waals surface area contributed by atoms with E-state index in [2.05, 4.69) is 32.7 Å². The molecule has 1 aromatic carbocycles. The molecule has 0 aliphatic carbocycles. The monoisotopic (exact) mass is 318 g/mol. The van der Waals surface area contributed by atoms with Crippen molar-refractivity contribution in [2.75, 3.05) is 11.9 Å². The molecule has 0 aliphatic rings. The van der Waals surface area contributed by atoms with Gasteiger partial charge in [0.15, 0.2) is 5.13 Å². The van der Waals surface area contributed by atoms with Crippen molar-refractivity contribution in [3.63, 3.8) is 0 Å². The first-order valence-corrected chi connectivity index (χ1v) is 8.32. The lowest BCUT2D eigenvalue weighted by Crippen LogP contribution is -1.98. The van der Waals surface area contributed by atoms with E-state index >= 15 is 0 Å². The third-order valence-corrected chi connectivity index (χ3v) is 4.77. The maximum Gasteiger partial charge on any atom is 0.214 e. The van der Waals surface area contributed by atoms with Crippen LogP contribution in [0.5, 0.6) is 0 Å². The maximum absolute atomic E-state index is 4.32. The van der Waals surface area contributed by atoms with Gasteiger partial charge in [-0.2, -0.15) is 4.68 Å². The van der Waals surface area contributed by atoms with E-state index in [1.165, 1.54) is 4.88 Å². The summed E-state index contributed by atoms with van der Waals surface area (Å²) in [5.74, 6) is 0.802. The number of benzene rings is 1. The standard InChI is InChI=1S/C13H14N6S2/c1-2-14-12-15-8-11(21-12)9-20-13-16-17-18-19(13)10-6-4-3-5-7-10/h3-8H,2,9H2,1H3,(H,14,15). The van der Waals surface area contributed by atoms with Gasteiger partial charge in [0, 0.05) is 23.4 Å². The molecule has 2 aromatic heterocycles. The van der Waals surface area contributed by atoms with Crippen LogP contribution in [0, 0.1) is 0 Å². The van der Waals surface area contributed by atoms with Crippen molar-refractivity contribution >= 4 is 28.2 Å². The van der Waals surface area contributed by atoms with Gasteiger partial charge in [0.1, 0.15) is 0 Å². The fraction of sp³-hybridized carbons (Fsp3) is 0.231. The molecule has 0 atom stereocenters. The summed E-state index contributed by atoms with van der Waals surface area (Å²) < 4.78 is 1.75. The minimum Gasteiger partial charge on any atom is -0.362 e. The summed E-state index contributed by atoms with van der Waals surface area (Å²) in [5, 5.41) is 16.8. The Labute approximate surface area is 130 Å². The average Bonchev–Trinajstić information content (AvgIpc) is 3.15. The normalized spacial score (nSPS) is 10.7. The van der Waals surface area contributed by atoms with Gasteiger partial charge in [-0.05, 0) is 29.5 Å². The molecule has 0 unspecified atom stereocenters. The number of thioether (sulfide) groups is 1. The molecular formula is C13H14N6S2.